The summed E-state index contributed by atoms with van der Waals surface area (Å²) in [5.41, 5.74) is 1.90. The first-order valence-electron chi connectivity index (χ1n) is 11.3. The molecule has 2 saturated carbocycles. The first kappa shape index (κ1) is 17.0. The van der Waals surface area contributed by atoms with Crippen LogP contribution in [0.3, 0.4) is 0 Å². The molecule has 2 aliphatic heterocycles. The lowest BCUT2D eigenvalue weighted by molar-refractivity contribution is 0.146. The van der Waals surface area contributed by atoms with Crippen molar-refractivity contribution >= 4 is 0 Å². The van der Waals surface area contributed by atoms with Crippen molar-refractivity contribution in [2.24, 2.45) is 11.8 Å². The fourth-order valence-corrected chi connectivity index (χ4v) is 6.63. The Hall–Kier alpha value is -1.12. The Bertz CT molecular complexity index is 688. The minimum absolute atomic E-state index is 0.196. The van der Waals surface area contributed by atoms with Crippen molar-refractivity contribution in [2.45, 2.75) is 108 Å². The second-order valence-corrected chi connectivity index (χ2v) is 10.1. The minimum atomic E-state index is 0.196. The summed E-state index contributed by atoms with van der Waals surface area (Å²) in [5, 5.41) is 9.65. The summed E-state index contributed by atoms with van der Waals surface area (Å²) in [5.74, 6) is 5.29. The van der Waals surface area contributed by atoms with E-state index in [-0.39, 0.29) is 5.41 Å². The predicted molar refractivity (Wildman–Crippen MR) is 105 cm³/mol. The highest BCUT2D eigenvalue weighted by Gasteiger charge is 2.46. The van der Waals surface area contributed by atoms with Crippen molar-refractivity contribution in [3.63, 3.8) is 0 Å². The van der Waals surface area contributed by atoms with Gasteiger partial charge in [0.2, 0.25) is 0 Å². The Kier molecular flexibility index (Phi) is 4.25. The van der Waals surface area contributed by atoms with Crippen molar-refractivity contribution in [3.05, 3.63) is 23.3 Å². The third-order valence-electron chi connectivity index (χ3n) is 8.05. The van der Waals surface area contributed by atoms with Gasteiger partial charge in [-0.05, 0) is 76.0 Å². The van der Waals surface area contributed by atoms with Crippen molar-refractivity contribution < 1.29 is 0 Å². The van der Waals surface area contributed by atoms with Crippen LogP contribution in [-0.4, -0.2) is 14.8 Å². The zero-order valence-electron chi connectivity index (χ0n) is 16.7. The van der Waals surface area contributed by atoms with Crippen LogP contribution in [0.15, 0.2) is 11.6 Å². The van der Waals surface area contributed by atoms with Crippen LogP contribution in [0.2, 0.25) is 0 Å². The summed E-state index contributed by atoms with van der Waals surface area (Å²) in [7, 11) is 0. The summed E-state index contributed by atoms with van der Waals surface area (Å²) >= 11 is 0. The summed E-state index contributed by atoms with van der Waals surface area (Å²) in [6.45, 7) is 4.75. The molecule has 4 bridgehead atoms. The third-order valence-corrected chi connectivity index (χ3v) is 8.05. The van der Waals surface area contributed by atoms with Crippen LogP contribution < -0.4 is 0 Å². The topological polar surface area (TPSA) is 30.7 Å². The highest BCUT2D eigenvalue weighted by atomic mass is 15.3. The highest BCUT2D eigenvalue weighted by molar-refractivity contribution is 5.22. The number of aromatic nitrogens is 3. The van der Waals surface area contributed by atoms with E-state index in [2.05, 4.69) is 24.5 Å². The third kappa shape index (κ3) is 2.77. The van der Waals surface area contributed by atoms with Gasteiger partial charge in [-0.2, -0.15) is 0 Å². The van der Waals surface area contributed by atoms with E-state index in [0.717, 1.165) is 18.3 Å². The molecule has 0 N–H and O–H groups in total. The molecule has 3 unspecified atom stereocenters. The molecule has 0 saturated heterocycles. The van der Waals surface area contributed by atoms with Crippen LogP contribution >= 0.6 is 0 Å². The first-order valence-corrected chi connectivity index (χ1v) is 11.3. The van der Waals surface area contributed by atoms with E-state index in [9.17, 15) is 0 Å². The van der Waals surface area contributed by atoms with Crippen molar-refractivity contribution in [3.8, 4) is 0 Å². The van der Waals surface area contributed by atoms with Gasteiger partial charge < -0.3 is 4.57 Å². The fraction of sp³-hybridized carbons (Fsp3) is 0.826. The average molecular weight is 354 g/mol. The molecule has 3 heteroatoms. The molecule has 0 radical (unpaired) electrons. The van der Waals surface area contributed by atoms with Gasteiger partial charge in [-0.25, -0.2) is 0 Å². The molecule has 2 fully saturated rings. The van der Waals surface area contributed by atoms with Crippen molar-refractivity contribution in [1.29, 1.82) is 0 Å². The monoisotopic (exact) mass is 353 g/mol. The van der Waals surface area contributed by atoms with Gasteiger partial charge >= 0.3 is 0 Å². The molecule has 1 aromatic rings. The highest BCUT2D eigenvalue weighted by Crippen LogP contribution is 2.54. The Morgan fingerprint density at radius 2 is 1.88 bits per heavy atom. The number of rotatable bonds is 5. The average Bonchev–Trinajstić information content (AvgIpc) is 3.02. The van der Waals surface area contributed by atoms with Gasteiger partial charge in [-0.15, -0.1) is 10.2 Å². The maximum absolute atomic E-state index is 4.84. The molecule has 3 nitrogen and oxygen atoms in total. The van der Waals surface area contributed by atoms with Gasteiger partial charge in [-0.3, -0.25) is 0 Å². The molecule has 3 aliphatic carbocycles. The Morgan fingerprint density at radius 3 is 2.58 bits per heavy atom. The lowest BCUT2D eigenvalue weighted by Crippen LogP contribution is -2.32. The quantitative estimate of drug-likeness (QED) is 0.475. The van der Waals surface area contributed by atoms with E-state index in [1.54, 1.807) is 5.57 Å². The maximum atomic E-state index is 4.84. The SMILES string of the molecule is CCCCCC1=CCC(C)(c2nnc3n2C2CC4CC(CC3C4)C2)CC1. The van der Waals surface area contributed by atoms with E-state index in [0.29, 0.717) is 12.0 Å². The van der Waals surface area contributed by atoms with Crippen LogP contribution in [0.4, 0.5) is 0 Å². The Morgan fingerprint density at radius 1 is 1.08 bits per heavy atom. The predicted octanol–water partition coefficient (Wildman–Crippen LogP) is 6.07. The smallest absolute Gasteiger partial charge is 0.139 e. The molecule has 0 aromatic carbocycles. The van der Waals surface area contributed by atoms with E-state index >= 15 is 0 Å². The van der Waals surface area contributed by atoms with E-state index in [1.165, 1.54) is 82.3 Å². The molecule has 142 valence electrons. The number of unbranched alkanes of at least 4 members (excludes halogenated alkanes) is 2. The second-order valence-electron chi connectivity index (χ2n) is 10.1. The fourth-order valence-electron chi connectivity index (χ4n) is 6.63. The largest absolute Gasteiger partial charge is 0.311 e. The molecular formula is C23H35N3. The van der Waals surface area contributed by atoms with E-state index < -0.39 is 0 Å². The molecule has 26 heavy (non-hydrogen) atoms. The lowest BCUT2D eigenvalue weighted by Gasteiger charge is -2.39. The standard InChI is InChI=1S/C23H35N3/c1-3-4-5-6-16-7-9-23(2,10-8-16)22-25-24-21-19-12-17-11-18(13-19)15-20(14-17)26(21)22/h7,17-20H,3-6,8-15H2,1-2H3. The molecular weight excluding hydrogens is 318 g/mol. The zero-order valence-corrected chi connectivity index (χ0v) is 16.7. The van der Waals surface area contributed by atoms with Crippen LogP contribution in [0, 0.1) is 11.8 Å². The van der Waals surface area contributed by atoms with Crippen LogP contribution in [0.25, 0.3) is 0 Å². The molecule has 3 heterocycles. The van der Waals surface area contributed by atoms with Crippen LogP contribution in [0.5, 0.6) is 0 Å². The lowest BCUT2D eigenvalue weighted by atomic mass is 9.68. The summed E-state index contributed by atoms with van der Waals surface area (Å²) in [6, 6.07) is 0.693. The number of hydrogen-bond donors (Lipinski definition) is 0. The number of allylic oxidation sites excluding steroid dienone is 2. The first-order chi connectivity index (χ1) is 12.7. The molecule has 6 rings (SSSR count). The van der Waals surface area contributed by atoms with Crippen LogP contribution in [0.1, 0.15) is 115 Å². The summed E-state index contributed by atoms with van der Waals surface area (Å²) in [6.07, 6.45) is 18.6. The molecule has 3 atom stereocenters. The van der Waals surface area contributed by atoms with Gasteiger partial charge in [-0.1, -0.05) is 38.3 Å². The van der Waals surface area contributed by atoms with Crippen molar-refractivity contribution in [1.82, 2.24) is 14.8 Å². The van der Waals surface area contributed by atoms with Crippen LogP contribution in [-0.2, 0) is 5.41 Å². The van der Waals surface area contributed by atoms with Gasteiger partial charge in [0.15, 0.2) is 0 Å². The molecule has 0 amide bonds. The maximum Gasteiger partial charge on any atom is 0.139 e. The zero-order chi connectivity index (χ0) is 17.7. The van der Waals surface area contributed by atoms with E-state index in [4.69, 9.17) is 10.2 Å². The van der Waals surface area contributed by atoms with Gasteiger partial charge in [0, 0.05) is 17.4 Å². The molecule has 1 aromatic heterocycles. The Labute approximate surface area is 158 Å². The second kappa shape index (κ2) is 6.49. The number of nitrogens with zero attached hydrogens (tertiary/aromatic N) is 3. The summed E-state index contributed by atoms with van der Waals surface area (Å²) in [4.78, 5) is 0. The molecule has 0 spiro atoms. The number of hydrogen-bond acceptors (Lipinski definition) is 2. The van der Waals surface area contributed by atoms with Gasteiger partial charge in [0.05, 0.1) is 0 Å². The minimum Gasteiger partial charge on any atom is -0.311 e. The molecule has 5 aliphatic rings. The normalized spacial score (nSPS) is 38.2. The summed E-state index contributed by atoms with van der Waals surface area (Å²) < 4.78 is 2.67. The van der Waals surface area contributed by atoms with Gasteiger partial charge in [0.1, 0.15) is 11.6 Å². The Balaban J connectivity index is 1.41. The van der Waals surface area contributed by atoms with E-state index in [1.807, 2.05) is 0 Å². The van der Waals surface area contributed by atoms with Gasteiger partial charge in [0.25, 0.3) is 0 Å². The van der Waals surface area contributed by atoms with Crippen molar-refractivity contribution in [2.75, 3.05) is 0 Å².